The van der Waals surface area contributed by atoms with E-state index in [2.05, 4.69) is 42.8 Å². The summed E-state index contributed by atoms with van der Waals surface area (Å²) in [6.07, 6.45) is 8.00. The van der Waals surface area contributed by atoms with Gasteiger partial charge in [0.05, 0.1) is 5.92 Å². The minimum atomic E-state index is -0.179. The zero-order valence-corrected chi connectivity index (χ0v) is 23.0. The van der Waals surface area contributed by atoms with Crippen molar-refractivity contribution in [3.8, 4) is 0 Å². The Morgan fingerprint density at radius 1 is 1.03 bits per heavy atom. The Bertz CT molecular complexity index is 1000. The molecular formula is C29H39Cl2N3O2. The van der Waals surface area contributed by atoms with Crippen molar-refractivity contribution in [2.75, 3.05) is 11.9 Å². The number of anilines is 1. The Balaban J connectivity index is 0.000000338. The van der Waals surface area contributed by atoms with E-state index in [0.717, 1.165) is 30.6 Å². The SMILES string of the molecule is CC(C)(C)CC1NCC(c2cccc(Cl)c2)C1C(=O)Nc1cccc(Cl)c1.O=CNC1CCCCC1. The van der Waals surface area contributed by atoms with E-state index in [1.165, 1.54) is 32.1 Å². The zero-order chi connectivity index (χ0) is 26.1. The van der Waals surface area contributed by atoms with Crippen molar-refractivity contribution in [1.29, 1.82) is 0 Å². The standard InChI is InChI=1S/C22H26Cl2N2O.C7H13NO/c1-22(2,3)12-19-20(21(27)26-17-9-5-8-16(24)11-17)18(13-25-19)14-6-4-7-15(23)10-14;9-6-8-7-4-2-1-3-5-7/h4-11,18-20,25H,12-13H2,1-3H3,(H,26,27);6-7H,1-5H2,(H,8,9). The lowest BCUT2D eigenvalue weighted by atomic mass is 9.78. The molecule has 3 atom stereocenters. The molecule has 0 radical (unpaired) electrons. The van der Waals surface area contributed by atoms with Gasteiger partial charge in [-0.3, -0.25) is 9.59 Å². The quantitative estimate of drug-likeness (QED) is 0.358. The van der Waals surface area contributed by atoms with Gasteiger partial charge in [-0.1, -0.05) is 81.4 Å². The lowest BCUT2D eigenvalue weighted by Crippen LogP contribution is -2.38. The number of hydrogen-bond donors (Lipinski definition) is 3. The number of halogens is 2. The Morgan fingerprint density at radius 2 is 1.69 bits per heavy atom. The summed E-state index contributed by atoms with van der Waals surface area (Å²) in [7, 11) is 0. The van der Waals surface area contributed by atoms with Gasteiger partial charge in [-0.2, -0.15) is 0 Å². The average Bonchev–Trinajstić information content (AvgIpc) is 3.22. The number of carbonyl (C=O) groups is 2. The van der Waals surface area contributed by atoms with Crippen molar-refractivity contribution in [2.24, 2.45) is 11.3 Å². The third-order valence-corrected chi connectivity index (χ3v) is 7.35. The summed E-state index contributed by atoms with van der Waals surface area (Å²) in [5, 5.41) is 10.7. The van der Waals surface area contributed by atoms with Crippen molar-refractivity contribution in [3.05, 3.63) is 64.1 Å². The summed E-state index contributed by atoms with van der Waals surface area (Å²) in [4.78, 5) is 23.2. The molecule has 1 aliphatic heterocycles. The zero-order valence-electron chi connectivity index (χ0n) is 21.5. The highest BCUT2D eigenvalue weighted by molar-refractivity contribution is 6.31. The number of rotatable bonds is 6. The largest absolute Gasteiger partial charge is 0.356 e. The molecule has 4 rings (SSSR count). The maximum Gasteiger partial charge on any atom is 0.229 e. The van der Waals surface area contributed by atoms with Gasteiger partial charge in [0.15, 0.2) is 0 Å². The molecule has 36 heavy (non-hydrogen) atoms. The summed E-state index contributed by atoms with van der Waals surface area (Å²) in [5.74, 6) is -0.0848. The molecule has 2 aromatic carbocycles. The van der Waals surface area contributed by atoms with Crippen LogP contribution in [0.4, 0.5) is 5.69 Å². The summed E-state index contributed by atoms with van der Waals surface area (Å²) in [6, 6.07) is 15.7. The molecule has 196 valence electrons. The van der Waals surface area contributed by atoms with Crippen LogP contribution >= 0.6 is 23.2 Å². The number of carbonyl (C=O) groups excluding carboxylic acids is 2. The van der Waals surface area contributed by atoms with Crippen LogP contribution in [0.5, 0.6) is 0 Å². The van der Waals surface area contributed by atoms with Gasteiger partial charge in [-0.25, -0.2) is 0 Å². The predicted octanol–water partition coefficient (Wildman–Crippen LogP) is 6.81. The third kappa shape index (κ3) is 8.79. The van der Waals surface area contributed by atoms with Crippen LogP contribution in [0, 0.1) is 11.3 Å². The number of amides is 2. The van der Waals surface area contributed by atoms with Crippen molar-refractivity contribution < 1.29 is 9.59 Å². The van der Waals surface area contributed by atoms with Crippen LogP contribution in [0.15, 0.2) is 48.5 Å². The lowest BCUT2D eigenvalue weighted by Gasteiger charge is -2.29. The molecule has 0 bridgehead atoms. The van der Waals surface area contributed by atoms with E-state index in [0.29, 0.717) is 16.1 Å². The summed E-state index contributed by atoms with van der Waals surface area (Å²) in [5.41, 5.74) is 1.94. The highest BCUT2D eigenvalue weighted by Gasteiger charge is 2.42. The Morgan fingerprint density at radius 3 is 2.31 bits per heavy atom. The molecule has 7 heteroatoms. The molecule has 5 nitrogen and oxygen atoms in total. The van der Waals surface area contributed by atoms with Crippen LogP contribution in [0.2, 0.25) is 10.0 Å². The monoisotopic (exact) mass is 531 g/mol. The molecule has 3 unspecified atom stereocenters. The molecule has 1 heterocycles. The fraction of sp³-hybridized carbons (Fsp3) is 0.517. The first-order valence-electron chi connectivity index (χ1n) is 12.9. The van der Waals surface area contributed by atoms with Crippen molar-refractivity contribution in [2.45, 2.75) is 77.3 Å². The first-order valence-corrected chi connectivity index (χ1v) is 13.7. The molecule has 2 aliphatic rings. The Kier molecular flexibility index (Phi) is 10.7. The molecule has 0 spiro atoms. The van der Waals surface area contributed by atoms with Gasteiger partial charge in [0.1, 0.15) is 0 Å². The van der Waals surface area contributed by atoms with Gasteiger partial charge in [-0.05, 0) is 60.6 Å². The summed E-state index contributed by atoms with van der Waals surface area (Å²) in [6.45, 7) is 7.36. The molecule has 2 amide bonds. The molecule has 1 aliphatic carbocycles. The van der Waals surface area contributed by atoms with Gasteiger partial charge < -0.3 is 16.0 Å². The fourth-order valence-electron chi connectivity index (χ4n) is 5.26. The molecule has 1 saturated heterocycles. The number of hydrogen-bond acceptors (Lipinski definition) is 3. The molecule has 2 fully saturated rings. The average molecular weight is 533 g/mol. The van der Waals surface area contributed by atoms with E-state index >= 15 is 0 Å². The molecule has 3 N–H and O–H groups in total. The first kappa shape index (κ1) is 28.5. The number of benzene rings is 2. The fourth-order valence-corrected chi connectivity index (χ4v) is 5.65. The van der Waals surface area contributed by atoms with Gasteiger partial charge in [0.25, 0.3) is 0 Å². The van der Waals surface area contributed by atoms with Gasteiger partial charge in [-0.15, -0.1) is 0 Å². The third-order valence-electron chi connectivity index (χ3n) is 6.88. The van der Waals surface area contributed by atoms with E-state index in [1.54, 1.807) is 12.1 Å². The van der Waals surface area contributed by atoms with Gasteiger partial charge >= 0.3 is 0 Å². The molecule has 2 aromatic rings. The Labute approximate surface area is 225 Å². The van der Waals surface area contributed by atoms with Gasteiger partial charge in [0.2, 0.25) is 12.3 Å². The second-order valence-corrected chi connectivity index (χ2v) is 12.0. The maximum atomic E-state index is 13.3. The van der Waals surface area contributed by atoms with E-state index in [4.69, 9.17) is 23.2 Å². The lowest BCUT2D eigenvalue weighted by molar-refractivity contribution is -0.120. The predicted molar refractivity (Wildman–Crippen MR) is 150 cm³/mol. The van der Waals surface area contributed by atoms with Gasteiger partial charge in [0, 0.05) is 40.3 Å². The van der Waals surface area contributed by atoms with E-state index in [1.807, 2.05) is 30.3 Å². The minimum Gasteiger partial charge on any atom is -0.356 e. The molecule has 0 aromatic heterocycles. The van der Waals surface area contributed by atoms with Crippen LogP contribution < -0.4 is 16.0 Å². The second kappa shape index (κ2) is 13.5. The summed E-state index contributed by atoms with van der Waals surface area (Å²) < 4.78 is 0. The maximum absolute atomic E-state index is 13.3. The van der Waals surface area contributed by atoms with E-state index in [9.17, 15) is 9.59 Å². The summed E-state index contributed by atoms with van der Waals surface area (Å²) >= 11 is 12.3. The van der Waals surface area contributed by atoms with Crippen LogP contribution in [0.3, 0.4) is 0 Å². The normalized spacial score (nSPS) is 22.3. The van der Waals surface area contributed by atoms with Crippen LogP contribution in [-0.2, 0) is 9.59 Å². The van der Waals surface area contributed by atoms with Crippen molar-refractivity contribution in [1.82, 2.24) is 10.6 Å². The topological polar surface area (TPSA) is 70.2 Å². The van der Waals surface area contributed by atoms with E-state index in [-0.39, 0.29) is 29.2 Å². The van der Waals surface area contributed by atoms with Crippen molar-refractivity contribution in [3.63, 3.8) is 0 Å². The van der Waals surface area contributed by atoms with Crippen LogP contribution in [-0.4, -0.2) is 30.9 Å². The van der Waals surface area contributed by atoms with Crippen molar-refractivity contribution >= 4 is 41.2 Å². The minimum absolute atomic E-state index is 0.0153. The highest BCUT2D eigenvalue weighted by atomic mass is 35.5. The highest BCUT2D eigenvalue weighted by Crippen LogP contribution is 2.38. The number of nitrogens with one attached hydrogen (secondary N) is 3. The molecule has 1 saturated carbocycles. The first-order chi connectivity index (χ1) is 17.2. The van der Waals surface area contributed by atoms with E-state index < -0.39 is 0 Å². The van der Waals surface area contributed by atoms with Crippen LogP contribution in [0.25, 0.3) is 0 Å². The van der Waals surface area contributed by atoms with Crippen LogP contribution in [0.1, 0.15) is 70.8 Å². The second-order valence-electron chi connectivity index (χ2n) is 11.1. The smallest absolute Gasteiger partial charge is 0.229 e. The Hall–Kier alpha value is -2.08. The molecular weight excluding hydrogens is 493 g/mol.